The van der Waals surface area contributed by atoms with E-state index in [1.165, 1.54) is 0 Å². The molecule has 5 atom stereocenters. The van der Waals surface area contributed by atoms with Gasteiger partial charge in [0.2, 0.25) is 23.6 Å². The summed E-state index contributed by atoms with van der Waals surface area (Å²) >= 11 is 6.45. The number of likely N-dealkylation sites (tertiary alicyclic amines) is 2. The lowest BCUT2D eigenvalue weighted by Crippen LogP contribution is -2.63. The summed E-state index contributed by atoms with van der Waals surface area (Å²) in [5.41, 5.74) is 0.467. The Kier molecular flexibility index (Phi) is 9.31. The van der Waals surface area contributed by atoms with Gasteiger partial charge < -0.3 is 25.1 Å². The van der Waals surface area contributed by atoms with Gasteiger partial charge in [-0.15, -0.1) is 0 Å². The molecular weight excluding hydrogens is 676 g/mol. The van der Waals surface area contributed by atoms with Crippen molar-refractivity contribution in [3.63, 3.8) is 0 Å². The quantitative estimate of drug-likeness (QED) is 0.310. The number of fused-ring (bicyclic) bond motifs is 1. The number of nitrogens with one attached hydrogen (secondary N) is 1. The fraction of sp³-hybridized carbons (Fsp3) is 0.524. The number of benzene rings is 3. The van der Waals surface area contributed by atoms with Gasteiger partial charge in [0.1, 0.15) is 12.1 Å². The van der Waals surface area contributed by atoms with E-state index in [1.54, 1.807) is 22.9 Å². The van der Waals surface area contributed by atoms with Crippen LogP contribution >= 0.6 is 11.6 Å². The molecule has 4 bridgehead atoms. The monoisotopic (exact) mass is 724 g/mol. The first-order chi connectivity index (χ1) is 25.0. The van der Waals surface area contributed by atoms with Gasteiger partial charge in [0.15, 0.2) is 0 Å². The van der Waals surface area contributed by atoms with Crippen LogP contribution in [0, 0.1) is 22.7 Å². The lowest BCUT2D eigenvalue weighted by Gasteiger charge is -2.61. The zero-order valence-electron chi connectivity index (χ0n) is 29.9. The Morgan fingerprint density at radius 3 is 2.25 bits per heavy atom. The molecule has 0 aromatic heterocycles. The summed E-state index contributed by atoms with van der Waals surface area (Å²) in [7, 11) is 1.70. The lowest BCUT2D eigenvalue weighted by molar-refractivity contribution is -0.180. The maximum Gasteiger partial charge on any atom is 0.245 e. The van der Waals surface area contributed by atoms with Crippen molar-refractivity contribution in [1.82, 2.24) is 20.0 Å². The second kappa shape index (κ2) is 13.8. The molecule has 3 aromatic rings. The highest BCUT2D eigenvalue weighted by molar-refractivity contribution is 6.31. The van der Waals surface area contributed by atoms with Gasteiger partial charge in [-0.05, 0) is 91.2 Å². The van der Waals surface area contributed by atoms with Crippen molar-refractivity contribution < 1.29 is 24.3 Å². The van der Waals surface area contributed by atoms with Gasteiger partial charge in [-0.1, -0.05) is 72.3 Å². The van der Waals surface area contributed by atoms with Crippen LogP contribution in [0.2, 0.25) is 5.02 Å². The van der Waals surface area contributed by atoms with Gasteiger partial charge in [0.25, 0.3) is 0 Å². The van der Waals surface area contributed by atoms with Crippen LogP contribution in [0.3, 0.4) is 0 Å². The van der Waals surface area contributed by atoms with E-state index in [2.05, 4.69) is 5.32 Å². The molecule has 2 heterocycles. The number of amides is 4. The van der Waals surface area contributed by atoms with E-state index in [-0.39, 0.29) is 43.7 Å². The molecule has 9 nitrogen and oxygen atoms in total. The van der Waals surface area contributed by atoms with E-state index in [4.69, 9.17) is 11.6 Å². The highest BCUT2D eigenvalue weighted by Crippen LogP contribution is 2.66. The number of hydrogen-bond acceptors (Lipinski definition) is 5. The first kappa shape index (κ1) is 35.1. The third-order valence-corrected chi connectivity index (χ3v) is 13.2. The number of nitrogens with zero attached hydrogens (tertiary/aromatic N) is 3. The summed E-state index contributed by atoms with van der Waals surface area (Å²) in [5, 5.41) is 16.7. The van der Waals surface area contributed by atoms with Crippen molar-refractivity contribution in [2.45, 2.75) is 88.9 Å². The predicted octanol–water partition coefficient (Wildman–Crippen LogP) is 5.35. The summed E-state index contributed by atoms with van der Waals surface area (Å²) in [6.45, 7) is 1.92. The molecule has 3 aromatic carbocycles. The summed E-state index contributed by atoms with van der Waals surface area (Å²) in [4.78, 5) is 62.7. The number of rotatable bonds is 9. The van der Waals surface area contributed by atoms with Crippen LogP contribution in [0.4, 0.5) is 0 Å². The van der Waals surface area contributed by atoms with E-state index >= 15 is 0 Å². The molecule has 274 valence electrons. The van der Waals surface area contributed by atoms with Crippen molar-refractivity contribution >= 4 is 46.0 Å². The Morgan fingerprint density at radius 2 is 1.54 bits per heavy atom. The Hall–Kier alpha value is -3.95. The average molecular weight is 725 g/mol. The number of β-amino-alcohol motifs (C(OH)–C–C–N with tert-alkyl or cyclic N) is 1. The molecule has 4 saturated carbocycles. The van der Waals surface area contributed by atoms with Crippen molar-refractivity contribution in [2.75, 3.05) is 26.7 Å². The van der Waals surface area contributed by atoms with Gasteiger partial charge in [-0.2, -0.15) is 0 Å². The Bertz CT molecular complexity index is 1880. The van der Waals surface area contributed by atoms with E-state index in [9.17, 15) is 24.3 Å². The molecule has 10 heteroatoms. The van der Waals surface area contributed by atoms with E-state index in [1.807, 2.05) is 65.6 Å². The molecule has 6 fully saturated rings. The van der Waals surface area contributed by atoms with Crippen LogP contribution in [0.25, 0.3) is 10.8 Å². The van der Waals surface area contributed by atoms with Crippen LogP contribution in [0.1, 0.15) is 68.9 Å². The third kappa shape index (κ3) is 6.48. The number of aliphatic hydroxyl groups is 1. The van der Waals surface area contributed by atoms with Crippen LogP contribution in [-0.4, -0.2) is 88.3 Å². The Balaban J connectivity index is 1.04. The van der Waals surface area contributed by atoms with E-state index in [0.29, 0.717) is 23.3 Å². The SMILES string of the molecule is CN(Cc1ccccc1Cl)C(=O)C(Cc1ccc2ccccc2c1)NC(=O)C1CC(O)CN1C(=O)C12CC3CC(CC(C(=O)N4CCCC4)(C3)C1)C2. The first-order valence-corrected chi connectivity index (χ1v) is 19.5. The molecule has 0 spiro atoms. The minimum absolute atomic E-state index is 0.0662. The largest absolute Gasteiger partial charge is 0.391 e. The van der Waals surface area contributed by atoms with Gasteiger partial charge in [-0.3, -0.25) is 19.2 Å². The molecule has 4 aliphatic carbocycles. The van der Waals surface area contributed by atoms with Crippen molar-refractivity contribution in [3.05, 3.63) is 82.9 Å². The molecule has 52 heavy (non-hydrogen) atoms. The molecule has 4 amide bonds. The van der Waals surface area contributed by atoms with Gasteiger partial charge in [0, 0.05) is 51.1 Å². The van der Waals surface area contributed by atoms with Crippen LogP contribution in [-0.2, 0) is 32.1 Å². The standard InChI is InChI=1S/C42H49ClN4O5/c1-45(24-32-10-4-5-11-34(32)43)38(50)35(18-27-12-13-30-8-2-3-9-31(30)17-27)44-37(49)36-19-33(48)25-47(36)40(52)42-22-28-16-29(23-42)21-41(20-28,26-42)39(51)46-14-6-7-15-46/h2-5,8-13,17,28-29,33,35-36,48H,6-7,14-16,18-26H2,1H3,(H,44,49). The zero-order valence-corrected chi connectivity index (χ0v) is 30.7. The third-order valence-electron chi connectivity index (χ3n) is 12.8. The van der Waals surface area contributed by atoms with E-state index < -0.39 is 34.9 Å². The molecule has 5 unspecified atom stereocenters. The Labute approximate surface area is 310 Å². The topological polar surface area (TPSA) is 110 Å². The zero-order chi connectivity index (χ0) is 36.2. The highest BCUT2D eigenvalue weighted by atomic mass is 35.5. The Morgan fingerprint density at radius 1 is 0.885 bits per heavy atom. The summed E-state index contributed by atoms with van der Waals surface area (Å²) in [6.07, 6.45) is 6.29. The fourth-order valence-corrected chi connectivity index (χ4v) is 11.1. The second-order valence-corrected chi connectivity index (χ2v) is 17.0. The minimum atomic E-state index is -0.920. The number of halogens is 1. The number of carbonyl (C=O) groups is 4. The van der Waals surface area contributed by atoms with Gasteiger partial charge >= 0.3 is 0 Å². The molecule has 0 radical (unpaired) electrons. The van der Waals surface area contributed by atoms with Crippen LogP contribution in [0.15, 0.2) is 66.7 Å². The lowest BCUT2D eigenvalue weighted by atomic mass is 9.43. The minimum Gasteiger partial charge on any atom is -0.391 e. The maximum atomic E-state index is 14.8. The fourth-order valence-electron chi connectivity index (χ4n) is 10.9. The van der Waals surface area contributed by atoms with Crippen LogP contribution in [0.5, 0.6) is 0 Å². The van der Waals surface area contributed by atoms with Gasteiger partial charge in [-0.25, -0.2) is 0 Å². The summed E-state index contributed by atoms with van der Waals surface area (Å²) in [5.74, 6) is 0.0283. The number of carbonyl (C=O) groups excluding carboxylic acids is 4. The second-order valence-electron chi connectivity index (χ2n) is 16.6. The molecule has 6 aliphatic rings. The van der Waals surface area contributed by atoms with Gasteiger partial charge in [0.05, 0.1) is 16.9 Å². The summed E-state index contributed by atoms with van der Waals surface area (Å²) in [6, 6.07) is 19.6. The normalized spacial score (nSPS) is 29.8. The summed E-state index contributed by atoms with van der Waals surface area (Å²) < 4.78 is 0. The predicted molar refractivity (Wildman–Crippen MR) is 199 cm³/mol. The number of hydrogen-bond donors (Lipinski definition) is 2. The smallest absolute Gasteiger partial charge is 0.245 e. The molecule has 9 rings (SSSR count). The number of aliphatic hydroxyl groups excluding tert-OH is 1. The van der Waals surface area contributed by atoms with Crippen LogP contribution < -0.4 is 5.32 Å². The first-order valence-electron chi connectivity index (χ1n) is 19.1. The van der Waals surface area contributed by atoms with E-state index in [0.717, 1.165) is 79.9 Å². The maximum absolute atomic E-state index is 14.8. The van der Waals surface area contributed by atoms with Crippen molar-refractivity contribution in [1.29, 1.82) is 0 Å². The molecule has 2 N–H and O–H groups in total. The molecule has 2 aliphatic heterocycles. The highest BCUT2D eigenvalue weighted by Gasteiger charge is 2.65. The molecule has 2 saturated heterocycles. The van der Waals surface area contributed by atoms with Crippen molar-refractivity contribution in [3.8, 4) is 0 Å². The van der Waals surface area contributed by atoms with Crippen molar-refractivity contribution in [2.24, 2.45) is 22.7 Å². The average Bonchev–Trinajstić information content (AvgIpc) is 3.81. The molecular formula is C42H49ClN4O5. The number of likely N-dealkylation sites (N-methyl/N-ethyl adjacent to an activating group) is 1.